The molecule has 0 bridgehead atoms. The first-order chi connectivity index (χ1) is 13.0. The fraction of sp³-hybridized carbons (Fsp3) is 0.0952. The first kappa shape index (κ1) is 18.1. The fourth-order valence-corrected chi connectivity index (χ4v) is 2.44. The minimum atomic E-state index is -0.272. The van der Waals surface area contributed by atoms with Crippen molar-refractivity contribution in [1.82, 2.24) is 4.98 Å². The van der Waals surface area contributed by atoms with Crippen molar-refractivity contribution < 1.29 is 14.3 Å². The van der Waals surface area contributed by atoms with Crippen molar-refractivity contribution in [3.8, 4) is 5.75 Å². The van der Waals surface area contributed by atoms with E-state index in [9.17, 15) is 9.59 Å². The number of carbonyl (C=O) groups excluding carboxylic acids is 2. The van der Waals surface area contributed by atoms with Crippen LogP contribution in [0.15, 0.2) is 66.9 Å². The molecule has 3 rings (SSSR count). The molecular formula is C21H19N3O3. The lowest BCUT2D eigenvalue weighted by atomic mass is 10.1. The Balaban J connectivity index is 1.65. The van der Waals surface area contributed by atoms with Gasteiger partial charge in [0.05, 0.1) is 12.7 Å². The Kier molecular flexibility index (Phi) is 5.47. The van der Waals surface area contributed by atoms with Gasteiger partial charge >= 0.3 is 0 Å². The van der Waals surface area contributed by atoms with Crippen LogP contribution in [0.5, 0.6) is 5.75 Å². The number of nitrogens with zero attached hydrogens (tertiary/aromatic N) is 1. The average molecular weight is 361 g/mol. The van der Waals surface area contributed by atoms with Gasteiger partial charge in [-0.2, -0.15) is 0 Å². The van der Waals surface area contributed by atoms with Crippen LogP contribution in [0.4, 0.5) is 17.2 Å². The Morgan fingerprint density at radius 3 is 2.30 bits per heavy atom. The molecule has 0 fully saturated rings. The molecule has 1 heterocycles. The number of benzene rings is 2. The number of hydrogen-bond acceptors (Lipinski definition) is 5. The van der Waals surface area contributed by atoms with Crippen LogP contribution in [0.1, 0.15) is 27.6 Å². The molecule has 6 heteroatoms. The molecule has 136 valence electrons. The van der Waals surface area contributed by atoms with Gasteiger partial charge in [0.2, 0.25) is 0 Å². The Bertz CT molecular complexity index is 951. The average Bonchev–Trinajstić information content (AvgIpc) is 2.69. The molecule has 0 aliphatic heterocycles. The van der Waals surface area contributed by atoms with Gasteiger partial charge in [-0.1, -0.05) is 6.07 Å². The number of pyridine rings is 1. The number of ether oxygens (including phenoxy) is 1. The van der Waals surface area contributed by atoms with Crippen molar-refractivity contribution in [3.63, 3.8) is 0 Å². The summed E-state index contributed by atoms with van der Waals surface area (Å²) in [5.41, 5.74) is 2.48. The Labute approximate surface area is 157 Å². The second-order valence-corrected chi connectivity index (χ2v) is 5.88. The van der Waals surface area contributed by atoms with Gasteiger partial charge in [-0.3, -0.25) is 9.59 Å². The number of hydrogen-bond donors (Lipinski definition) is 2. The van der Waals surface area contributed by atoms with Crippen molar-refractivity contribution in [1.29, 1.82) is 0 Å². The molecule has 0 radical (unpaired) electrons. The van der Waals surface area contributed by atoms with Crippen LogP contribution in [0.3, 0.4) is 0 Å². The van der Waals surface area contributed by atoms with Gasteiger partial charge in [-0.05, 0) is 55.5 Å². The molecule has 0 saturated heterocycles. The number of rotatable bonds is 6. The maximum Gasteiger partial charge on any atom is 0.257 e. The first-order valence-corrected chi connectivity index (χ1v) is 8.34. The van der Waals surface area contributed by atoms with Crippen molar-refractivity contribution in [2.75, 3.05) is 17.7 Å². The predicted octanol–water partition coefficient (Wildman–Crippen LogP) is 4.29. The Hall–Kier alpha value is -3.67. The molecule has 0 spiro atoms. The first-order valence-electron chi connectivity index (χ1n) is 8.34. The SMILES string of the molecule is COc1cccc(Nc2ccc(C(=O)Nc3ccc(C(C)=O)cc3)cn2)c1. The number of aromatic nitrogens is 1. The number of carbonyl (C=O) groups is 2. The van der Waals surface area contributed by atoms with E-state index < -0.39 is 0 Å². The Morgan fingerprint density at radius 1 is 0.926 bits per heavy atom. The van der Waals surface area contributed by atoms with Gasteiger partial charge in [-0.25, -0.2) is 4.98 Å². The highest BCUT2D eigenvalue weighted by atomic mass is 16.5. The van der Waals surface area contributed by atoms with E-state index in [-0.39, 0.29) is 11.7 Å². The highest BCUT2D eigenvalue weighted by Gasteiger charge is 2.08. The van der Waals surface area contributed by atoms with Gasteiger partial charge in [0.25, 0.3) is 5.91 Å². The number of methoxy groups -OCH3 is 1. The summed E-state index contributed by atoms with van der Waals surface area (Å²) in [6.07, 6.45) is 1.50. The summed E-state index contributed by atoms with van der Waals surface area (Å²) >= 11 is 0. The molecule has 2 N–H and O–H groups in total. The molecule has 0 aliphatic rings. The van der Waals surface area contributed by atoms with Crippen molar-refractivity contribution in [2.45, 2.75) is 6.92 Å². The molecule has 0 saturated carbocycles. The van der Waals surface area contributed by atoms with Crippen LogP contribution in [0.25, 0.3) is 0 Å². The maximum atomic E-state index is 12.3. The summed E-state index contributed by atoms with van der Waals surface area (Å²) in [6.45, 7) is 1.50. The lowest BCUT2D eigenvalue weighted by Gasteiger charge is -2.09. The summed E-state index contributed by atoms with van der Waals surface area (Å²) in [6, 6.07) is 17.6. The van der Waals surface area contributed by atoms with Gasteiger partial charge in [0.1, 0.15) is 11.6 Å². The Morgan fingerprint density at radius 2 is 1.67 bits per heavy atom. The van der Waals surface area contributed by atoms with E-state index in [1.807, 2.05) is 24.3 Å². The summed E-state index contributed by atoms with van der Waals surface area (Å²) < 4.78 is 5.19. The van der Waals surface area contributed by atoms with E-state index in [0.717, 1.165) is 11.4 Å². The van der Waals surface area contributed by atoms with E-state index >= 15 is 0 Å². The van der Waals surface area contributed by atoms with E-state index in [4.69, 9.17) is 4.74 Å². The summed E-state index contributed by atoms with van der Waals surface area (Å²) in [4.78, 5) is 27.9. The van der Waals surface area contributed by atoms with E-state index in [0.29, 0.717) is 22.6 Å². The van der Waals surface area contributed by atoms with Gasteiger partial charge in [0, 0.05) is 29.2 Å². The topological polar surface area (TPSA) is 80.3 Å². The van der Waals surface area contributed by atoms with Crippen LogP contribution in [-0.4, -0.2) is 23.8 Å². The largest absolute Gasteiger partial charge is 0.497 e. The second-order valence-electron chi connectivity index (χ2n) is 5.88. The van der Waals surface area contributed by atoms with Crippen LogP contribution in [-0.2, 0) is 0 Å². The van der Waals surface area contributed by atoms with E-state index in [2.05, 4.69) is 15.6 Å². The zero-order valence-corrected chi connectivity index (χ0v) is 15.0. The zero-order valence-electron chi connectivity index (χ0n) is 15.0. The molecule has 1 amide bonds. The molecule has 0 atom stereocenters. The highest BCUT2D eigenvalue weighted by molar-refractivity contribution is 6.04. The highest BCUT2D eigenvalue weighted by Crippen LogP contribution is 2.20. The smallest absolute Gasteiger partial charge is 0.257 e. The second kappa shape index (κ2) is 8.14. The third-order valence-corrected chi connectivity index (χ3v) is 3.92. The van der Waals surface area contributed by atoms with Crippen molar-refractivity contribution in [3.05, 3.63) is 78.0 Å². The fourth-order valence-electron chi connectivity index (χ4n) is 2.44. The molecule has 2 aromatic carbocycles. The third-order valence-electron chi connectivity index (χ3n) is 3.92. The minimum absolute atomic E-state index is 0.0174. The lowest BCUT2D eigenvalue weighted by molar-refractivity contribution is 0.101. The minimum Gasteiger partial charge on any atom is -0.497 e. The molecular weight excluding hydrogens is 342 g/mol. The zero-order chi connectivity index (χ0) is 19.2. The quantitative estimate of drug-likeness (QED) is 0.640. The molecule has 0 unspecified atom stereocenters. The summed E-state index contributed by atoms with van der Waals surface area (Å²) in [5.74, 6) is 1.07. The predicted molar refractivity (Wildman–Crippen MR) is 105 cm³/mol. The molecule has 3 aromatic rings. The summed E-state index contributed by atoms with van der Waals surface area (Å²) in [5, 5.41) is 5.94. The van der Waals surface area contributed by atoms with Crippen LogP contribution in [0.2, 0.25) is 0 Å². The molecule has 27 heavy (non-hydrogen) atoms. The number of anilines is 3. The molecule has 0 aliphatic carbocycles. The van der Waals surface area contributed by atoms with Gasteiger partial charge in [0.15, 0.2) is 5.78 Å². The number of Topliss-reactive ketones (excluding diaryl/α,β-unsaturated/α-hetero) is 1. The standard InChI is InChI=1S/C21H19N3O3/c1-14(25)15-6-9-17(10-7-15)24-21(26)16-8-11-20(22-13-16)23-18-4-3-5-19(12-18)27-2/h3-13H,1-2H3,(H,22,23)(H,24,26). The van der Waals surface area contributed by atoms with Crippen LogP contribution >= 0.6 is 0 Å². The lowest BCUT2D eigenvalue weighted by Crippen LogP contribution is -2.12. The van der Waals surface area contributed by atoms with E-state index in [1.165, 1.54) is 13.1 Å². The van der Waals surface area contributed by atoms with E-state index in [1.54, 1.807) is 43.5 Å². The van der Waals surface area contributed by atoms with Gasteiger partial charge in [-0.15, -0.1) is 0 Å². The normalized spacial score (nSPS) is 10.1. The number of ketones is 1. The molecule has 6 nitrogen and oxygen atoms in total. The monoisotopic (exact) mass is 361 g/mol. The van der Waals surface area contributed by atoms with Crippen molar-refractivity contribution in [2.24, 2.45) is 0 Å². The number of nitrogens with one attached hydrogen (secondary N) is 2. The third kappa shape index (κ3) is 4.70. The van der Waals surface area contributed by atoms with Gasteiger partial charge < -0.3 is 15.4 Å². The van der Waals surface area contributed by atoms with Crippen LogP contribution in [0, 0.1) is 0 Å². The van der Waals surface area contributed by atoms with Crippen LogP contribution < -0.4 is 15.4 Å². The van der Waals surface area contributed by atoms with Crippen molar-refractivity contribution >= 4 is 28.9 Å². The molecule has 1 aromatic heterocycles. The maximum absolute atomic E-state index is 12.3. The number of amides is 1. The summed E-state index contributed by atoms with van der Waals surface area (Å²) in [7, 11) is 1.61.